The van der Waals surface area contributed by atoms with Crippen molar-refractivity contribution < 1.29 is 67.0 Å². The number of ether oxygens (including phenoxy) is 2. The van der Waals surface area contributed by atoms with E-state index in [1.807, 2.05) is 13.8 Å². The number of primary amides is 8. The molecule has 1 fully saturated rings. The van der Waals surface area contributed by atoms with Gasteiger partial charge in [-0.2, -0.15) is 0 Å². The summed E-state index contributed by atoms with van der Waals surface area (Å²) in [4.78, 5) is 122. The van der Waals surface area contributed by atoms with E-state index in [9.17, 15) is 57.5 Å². The van der Waals surface area contributed by atoms with Crippen LogP contribution in [0.3, 0.4) is 0 Å². The Bertz CT molecular complexity index is 1520. The summed E-state index contributed by atoms with van der Waals surface area (Å²) >= 11 is 0. The second kappa shape index (κ2) is 41.7. The highest BCUT2D eigenvalue weighted by Crippen LogP contribution is 2.21. The first kappa shape index (κ1) is 74.4. The first-order valence-corrected chi connectivity index (χ1v) is 19.8. The lowest BCUT2D eigenvalue weighted by atomic mass is 9.95. The van der Waals surface area contributed by atoms with Crippen LogP contribution in [0.25, 0.3) is 0 Å². The SMILES string of the molecule is CC(C(N)=O)C(C)C(N)=O.CC(C(N)=O)C(C)C(N)=O.CC(CN)C(C)CN.CC(N)C(C)N.CC1C(=O)OC(=O)C1C.N.NC(=O)/C=C\C(N)=O.NC(=O)/C=C\C(N)=O.O=C1C=CC(=O)O1. The van der Waals surface area contributed by atoms with E-state index in [4.69, 9.17) is 45.9 Å². The smallest absolute Gasteiger partial charge is 0.338 e. The lowest BCUT2D eigenvalue weighted by molar-refractivity contribution is -0.154. The number of nitrogens with two attached hydrogens (primary N) is 12. The fourth-order valence-corrected chi connectivity index (χ4v) is 2.78. The van der Waals surface area contributed by atoms with Crippen LogP contribution in [0.4, 0.5) is 0 Å². The van der Waals surface area contributed by atoms with Gasteiger partial charge in [0.2, 0.25) is 47.3 Å². The highest BCUT2D eigenvalue weighted by atomic mass is 16.6. The average Bonchev–Trinajstić information content (AvgIpc) is 3.71. The van der Waals surface area contributed by atoms with Crippen LogP contribution in [0.2, 0.25) is 0 Å². The Morgan fingerprint density at radius 3 is 0.731 bits per heavy atom. The molecule has 2 rings (SSSR count). The fourth-order valence-electron chi connectivity index (χ4n) is 2.78. The van der Waals surface area contributed by atoms with Crippen LogP contribution in [0.1, 0.15) is 69.2 Å². The largest absolute Gasteiger partial charge is 0.393 e. The Morgan fingerprint density at radius 2 is 0.657 bits per heavy atom. The van der Waals surface area contributed by atoms with Gasteiger partial charge in [-0.1, -0.05) is 55.4 Å². The second-order valence-corrected chi connectivity index (χ2v) is 14.6. The highest BCUT2D eigenvalue weighted by Gasteiger charge is 2.37. The van der Waals surface area contributed by atoms with Gasteiger partial charge in [0.15, 0.2) is 0 Å². The van der Waals surface area contributed by atoms with Crippen molar-refractivity contribution in [2.45, 2.75) is 81.3 Å². The van der Waals surface area contributed by atoms with Crippen molar-refractivity contribution in [2.75, 3.05) is 13.1 Å². The third-order valence-corrected chi connectivity index (χ3v) is 8.91. The Morgan fingerprint density at radius 1 is 0.463 bits per heavy atom. The fraction of sp³-hybridized carbons (Fsp3) is 0.550. The molecule has 0 saturated carbocycles. The molecule has 1 saturated heterocycles. The van der Waals surface area contributed by atoms with E-state index >= 15 is 0 Å². The molecule has 2 heterocycles. The summed E-state index contributed by atoms with van der Waals surface area (Å²) in [5, 5.41) is 0. The average molecular weight is 964 g/mol. The van der Waals surface area contributed by atoms with Gasteiger partial charge in [0.1, 0.15) is 0 Å². The molecule has 27 N–H and O–H groups in total. The number of hydrogen-bond donors (Lipinski definition) is 13. The van der Waals surface area contributed by atoms with E-state index in [0.29, 0.717) is 11.8 Å². The molecular formula is C40H77N13O14. The number of esters is 4. The van der Waals surface area contributed by atoms with Gasteiger partial charge in [-0.15, -0.1) is 0 Å². The van der Waals surface area contributed by atoms with Crippen molar-refractivity contribution in [3.05, 3.63) is 36.5 Å². The summed E-state index contributed by atoms with van der Waals surface area (Å²) < 4.78 is 8.28. The Kier molecular flexibility index (Phi) is 46.4. The van der Waals surface area contributed by atoms with Crippen molar-refractivity contribution in [3.63, 3.8) is 0 Å². The maximum absolute atomic E-state index is 10.6. The highest BCUT2D eigenvalue weighted by molar-refractivity contribution is 6.05. The van der Waals surface area contributed by atoms with Crippen LogP contribution in [0.15, 0.2) is 36.5 Å². The molecule has 0 spiro atoms. The Labute approximate surface area is 390 Å². The maximum Gasteiger partial charge on any atom is 0.338 e. The number of carbonyl (C=O) groups is 12. The molecule has 0 radical (unpaired) electrons. The maximum atomic E-state index is 10.6. The van der Waals surface area contributed by atoms with E-state index in [2.05, 4.69) is 46.3 Å². The zero-order valence-corrected chi connectivity index (χ0v) is 40.0. The monoisotopic (exact) mass is 964 g/mol. The molecule has 0 aromatic rings. The number of cyclic esters (lactones) is 4. The summed E-state index contributed by atoms with van der Waals surface area (Å²) in [7, 11) is 0. The Hall–Kier alpha value is -6.94. The molecule has 0 aromatic heterocycles. The first-order valence-electron chi connectivity index (χ1n) is 19.8. The van der Waals surface area contributed by atoms with Gasteiger partial charge in [-0.05, 0) is 38.8 Å². The molecule has 0 aliphatic carbocycles. The van der Waals surface area contributed by atoms with Crippen molar-refractivity contribution >= 4 is 71.1 Å². The van der Waals surface area contributed by atoms with Crippen LogP contribution in [-0.4, -0.2) is 96.3 Å². The standard InChI is InChI=1S/2C6H12N2O2.C6H16N2.C6H8O3.2C4H6N2O2.C4H12N2.C4H2O3.H3N/c2*1-3(5(7)9)4(2)6(8)10;1-5(3-7)6(2)4-8;1-3-4(2)6(8)9-5(3)7;2*5-3(7)1-2-4(6)8;1-3(5)4(2)6;5-3-1-2-4(6)7-3;/h2*3-4H,1-2H3,(H2,7,9)(H2,8,10);5-6H,3-4,7-8H2,1-2H3;3-4H,1-2H3;2*1-2H,(H2,5,7)(H2,6,8);3-4H,5-6H2,1-2H3;1-2H;1H3/b;;;;2*2-1-;;;. The van der Waals surface area contributed by atoms with Gasteiger partial charge < -0.3 is 84.4 Å². The number of rotatable bonds is 14. The lowest BCUT2D eigenvalue weighted by Crippen LogP contribution is -2.35. The van der Waals surface area contributed by atoms with Gasteiger partial charge in [0, 0.05) is 72.2 Å². The summed E-state index contributed by atoms with van der Waals surface area (Å²) in [6.45, 7) is 19.2. The zero-order valence-electron chi connectivity index (χ0n) is 40.0. The lowest BCUT2D eigenvalue weighted by Gasteiger charge is -2.14. The van der Waals surface area contributed by atoms with Gasteiger partial charge in [-0.25, -0.2) is 9.59 Å². The third kappa shape index (κ3) is 46.9. The van der Waals surface area contributed by atoms with E-state index in [1.54, 1.807) is 41.5 Å². The normalized spacial score (nSPS) is 17.5. The van der Waals surface area contributed by atoms with Crippen LogP contribution in [0, 0.1) is 47.3 Å². The van der Waals surface area contributed by atoms with E-state index < -0.39 is 94.8 Å². The molecule has 2 aliphatic rings. The molecule has 67 heavy (non-hydrogen) atoms. The first-order chi connectivity index (χ1) is 30.0. The van der Waals surface area contributed by atoms with Crippen LogP contribution >= 0.6 is 0 Å². The topological polar surface area (TPSA) is 571 Å². The summed E-state index contributed by atoms with van der Waals surface area (Å²) in [5.74, 6) is -7.90. The number of hydrogen-bond acceptors (Lipinski definition) is 19. The molecule has 0 aromatic carbocycles. The number of amides is 8. The molecular weight excluding hydrogens is 887 g/mol. The minimum Gasteiger partial charge on any atom is -0.393 e. The van der Waals surface area contributed by atoms with Crippen LogP contribution in [-0.2, 0) is 67.0 Å². The van der Waals surface area contributed by atoms with Crippen LogP contribution in [0.5, 0.6) is 0 Å². The van der Waals surface area contributed by atoms with Crippen molar-refractivity contribution in [2.24, 2.45) is 116 Å². The predicted molar refractivity (Wildman–Crippen MR) is 247 cm³/mol. The minimum absolute atomic E-state index is 0. The summed E-state index contributed by atoms with van der Waals surface area (Å²) in [6, 6.07) is 0.259. The predicted octanol–water partition coefficient (Wildman–Crippen LogP) is -4.53. The van der Waals surface area contributed by atoms with Gasteiger partial charge in [-0.3, -0.25) is 47.9 Å². The molecule has 2 aliphatic heterocycles. The zero-order chi connectivity index (χ0) is 53.8. The van der Waals surface area contributed by atoms with E-state index in [0.717, 1.165) is 49.5 Å². The Balaban J connectivity index is -0.000000123. The summed E-state index contributed by atoms with van der Waals surface area (Å²) in [5.41, 5.74) is 59.5. The van der Waals surface area contributed by atoms with Gasteiger partial charge in [0.05, 0.1) is 11.8 Å². The molecule has 27 nitrogen and oxygen atoms in total. The number of carbonyl (C=O) groups excluding carboxylic acids is 12. The molecule has 8 amide bonds. The summed E-state index contributed by atoms with van der Waals surface area (Å²) in [6.07, 6.45) is 5.79. The molecule has 27 heteroatoms. The molecule has 10 atom stereocenters. The molecule has 10 unspecified atom stereocenters. The van der Waals surface area contributed by atoms with Gasteiger partial charge in [0.25, 0.3) is 0 Å². The van der Waals surface area contributed by atoms with Crippen LogP contribution < -0.4 is 75.0 Å². The van der Waals surface area contributed by atoms with E-state index in [1.165, 1.54) is 0 Å². The van der Waals surface area contributed by atoms with Crippen molar-refractivity contribution in [3.8, 4) is 0 Å². The second-order valence-electron chi connectivity index (χ2n) is 14.6. The third-order valence-electron chi connectivity index (χ3n) is 8.91. The minimum atomic E-state index is -0.677. The van der Waals surface area contributed by atoms with Crippen molar-refractivity contribution in [1.82, 2.24) is 6.15 Å². The molecule has 0 bridgehead atoms. The quantitative estimate of drug-likeness (QED) is 0.0443. The van der Waals surface area contributed by atoms with Crippen molar-refractivity contribution in [1.29, 1.82) is 0 Å². The van der Waals surface area contributed by atoms with E-state index in [-0.39, 0.29) is 30.1 Å². The van der Waals surface area contributed by atoms with Gasteiger partial charge >= 0.3 is 23.9 Å². The molecule has 386 valence electrons.